The SMILES string of the molecule is O=c1[nH]c(=O)n(C2OC(CO)C(O)C2O)cc1C[C@@H](O)CI. The van der Waals surface area contributed by atoms with Gasteiger partial charge in [-0.25, -0.2) is 4.79 Å². The molecule has 2 heterocycles. The molecule has 1 aromatic heterocycles. The van der Waals surface area contributed by atoms with Gasteiger partial charge in [0.25, 0.3) is 5.56 Å². The van der Waals surface area contributed by atoms with E-state index in [1.54, 1.807) is 0 Å². The largest absolute Gasteiger partial charge is 0.394 e. The maximum atomic E-state index is 11.9. The Labute approximate surface area is 138 Å². The summed E-state index contributed by atoms with van der Waals surface area (Å²) >= 11 is 1.96. The highest BCUT2D eigenvalue weighted by atomic mass is 127. The van der Waals surface area contributed by atoms with Crippen LogP contribution in [-0.2, 0) is 11.2 Å². The summed E-state index contributed by atoms with van der Waals surface area (Å²) in [6, 6.07) is 0. The molecule has 4 unspecified atom stereocenters. The maximum absolute atomic E-state index is 11.9. The summed E-state index contributed by atoms with van der Waals surface area (Å²) in [7, 11) is 0. The molecule has 1 aliphatic rings. The monoisotopic (exact) mass is 428 g/mol. The molecular weight excluding hydrogens is 411 g/mol. The van der Waals surface area contributed by atoms with E-state index in [0.29, 0.717) is 4.43 Å². The molecule has 0 radical (unpaired) electrons. The van der Waals surface area contributed by atoms with Gasteiger partial charge in [-0.05, 0) is 0 Å². The number of H-pyrrole nitrogens is 1. The topological polar surface area (TPSA) is 145 Å². The lowest BCUT2D eigenvalue weighted by atomic mass is 10.1. The molecule has 9 nitrogen and oxygen atoms in total. The van der Waals surface area contributed by atoms with E-state index in [-0.39, 0.29) is 12.0 Å². The lowest BCUT2D eigenvalue weighted by Gasteiger charge is -2.18. The van der Waals surface area contributed by atoms with Crippen LogP contribution in [0.2, 0.25) is 0 Å². The number of hydrogen-bond donors (Lipinski definition) is 5. The average molecular weight is 428 g/mol. The summed E-state index contributed by atoms with van der Waals surface area (Å²) in [4.78, 5) is 25.7. The molecule has 1 aliphatic heterocycles. The fraction of sp³-hybridized carbons (Fsp3) is 0.667. The molecular formula is C12H17IN2O7. The molecule has 1 aromatic rings. The third-order valence-corrected chi connectivity index (χ3v) is 4.48. The number of aliphatic hydroxyl groups is 4. The van der Waals surface area contributed by atoms with Gasteiger partial charge in [-0.2, -0.15) is 0 Å². The Morgan fingerprint density at radius 2 is 2.05 bits per heavy atom. The van der Waals surface area contributed by atoms with Crippen molar-refractivity contribution in [2.45, 2.75) is 37.1 Å². The fourth-order valence-electron chi connectivity index (χ4n) is 2.28. The van der Waals surface area contributed by atoms with Gasteiger partial charge in [0.05, 0.1) is 12.7 Å². The van der Waals surface area contributed by atoms with E-state index in [2.05, 4.69) is 4.98 Å². The van der Waals surface area contributed by atoms with Crippen molar-refractivity contribution in [3.63, 3.8) is 0 Å². The van der Waals surface area contributed by atoms with Crippen LogP contribution < -0.4 is 11.2 Å². The molecule has 124 valence electrons. The normalized spacial score (nSPS) is 29.7. The Bertz CT molecular complexity index is 631. The standard InChI is InChI=1S/C12H17IN2O7/c13-2-6(17)1-5-3-15(12(21)14-10(5)20)11-9(19)8(18)7(4-16)22-11/h3,6-9,11,16-19H,1-2,4H2,(H,14,20,21)/t6-,7?,8?,9?,11?/m1/s1. The van der Waals surface area contributed by atoms with Gasteiger partial charge < -0.3 is 25.2 Å². The molecule has 1 saturated heterocycles. The first-order chi connectivity index (χ1) is 10.4. The van der Waals surface area contributed by atoms with Crippen LogP contribution in [-0.4, -0.2) is 65.4 Å². The van der Waals surface area contributed by atoms with Gasteiger partial charge in [0.1, 0.15) is 18.3 Å². The van der Waals surface area contributed by atoms with Crippen LogP contribution >= 0.6 is 22.6 Å². The minimum Gasteiger partial charge on any atom is -0.394 e. The zero-order chi connectivity index (χ0) is 16.4. The molecule has 0 aromatic carbocycles. The van der Waals surface area contributed by atoms with Crippen LogP contribution in [0.1, 0.15) is 11.8 Å². The number of aromatic nitrogens is 2. The Balaban J connectivity index is 2.37. The van der Waals surface area contributed by atoms with Gasteiger partial charge in [0.2, 0.25) is 0 Å². The minimum absolute atomic E-state index is 0.0351. The van der Waals surface area contributed by atoms with Crippen LogP contribution in [0.3, 0.4) is 0 Å². The number of aliphatic hydroxyl groups excluding tert-OH is 4. The van der Waals surface area contributed by atoms with Gasteiger partial charge in [0, 0.05) is 22.6 Å². The second kappa shape index (κ2) is 7.19. The number of aromatic amines is 1. The molecule has 22 heavy (non-hydrogen) atoms. The first kappa shape index (κ1) is 17.6. The third kappa shape index (κ3) is 3.41. The van der Waals surface area contributed by atoms with Gasteiger partial charge in [-0.3, -0.25) is 14.3 Å². The zero-order valence-electron chi connectivity index (χ0n) is 11.4. The zero-order valence-corrected chi connectivity index (χ0v) is 13.6. The van der Waals surface area contributed by atoms with Gasteiger partial charge in [0.15, 0.2) is 6.23 Å². The highest BCUT2D eigenvalue weighted by molar-refractivity contribution is 14.1. The van der Waals surface area contributed by atoms with E-state index >= 15 is 0 Å². The molecule has 5 N–H and O–H groups in total. The second-order valence-electron chi connectivity index (χ2n) is 5.06. The molecule has 5 atom stereocenters. The van der Waals surface area contributed by atoms with Crippen molar-refractivity contribution in [2.75, 3.05) is 11.0 Å². The number of ether oxygens (including phenoxy) is 1. The van der Waals surface area contributed by atoms with E-state index in [1.807, 2.05) is 22.6 Å². The van der Waals surface area contributed by atoms with Gasteiger partial charge in [-0.1, -0.05) is 22.6 Å². The molecule has 0 saturated carbocycles. The summed E-state index contributed by atoms with van der Waals surface area (Å²) in [5.74, 6) is 0. The lowest BCUT2D eigenvalue weighted by Crippen LogP contribution is -2.39. The van der Waals surface area contributed by atoms with Crippen molar-refractivity contribution >= 4 is 22.6 Å². The van der Waals surface area contributed by atoms with Crippen LogP contribution in [0.5, 0.6) is 0 Å². The van der Waals surface area contributed by atoms with E-state index in [9.17, 15) is 24.9 Å². The number of halogens is 1. The van der Waals surface area contributed by atoms with Gasteiger partial charge in [-0.15, -0.1) is 0 Å². The number of rotatable bonds is 5. The number of nitrogens with one attached hydrogen (secondary N) is 1. The van der Waals surface area contributed by atoms with Crippen molar-refractivity contribution < 1.29 is 25.2 Å². The average Bonchev–Trinajstić information content (AvgIpc) is 2.77. The van der Waals surface area contributed by atoms with E-state index in [0.717, 1.165) is 4.57 Å². The highest BCUT2D eigenvalue weighted by Crippen LogP contribution is 2.28. The Morgan fingerprint density at radius 3 is 2.59 bits per heavy atom. The van der Waals surface area contributed by atoms with Crippen LogP contribution in [0.4, 0.5) is 0 Å². The van der Waals surface area contributed by atoms with Crippen LogP contribution in [0, 0.1) is 0 Å². The maximum Gasteiger partial charge on any atom is 0.330 e. The Hall–Kier alpha value is -0.790. The van der Waals surface area contributed by atoms with Crippen molar-refractivity contribution in [1.29, 1.82) is 0 Å². The van der Waals surface area contributed by atoms with Crippen LogP contribution in [0.25, 0.3) is 0 Å². The Morgan fingerprint density at radius 1 is 1.36 bits per heavy atom. The molecule has 0 amide bonds. The summed E-state index contributed by atoms with van der Waals surface area (Å²) in [5.41, 5.74) is -1.29. The first-order valence-corrected chi connectivity index (χ1v) is 8.12. The highest BCUT2D eigenvalue weighted by Gasteiger charge is 2.43. The third-order valence-electron chi connectivity index (χ3n) is 3.47. The number of alkyl halides is 1. The second-order valence-corrected chi connectivity index (χ2v) is 5.94. The predicted octanol–water partition coefficient (Wildman–Crippen LogP) is -2.51. The van der Waals surface area contributed by atoms with Crippen molar-refractivity contribution in [3.05, 3.63) is 32.6 Å². The van der Waals surface area contributed by atoms with E-state index < -0.39 is 48.5 Å². The van der Waals surface area contributed by atoms with Crippen LogP contribution in [0.15, 0.2) is 15.8 Å². The smallest absolute Gasteiger partial charge is 0.330 e. The molecule has 1 fully saturated rings. The minimum atomic E-state index is -1.43. The number of nitrogens with zero attached hydrogens (tertiary/aromatic N) is 1. The molecule has 10 heteroatoms. The van der Waals surface area contributed by atoms with E-state index in [1.165, 1.54) is 6.20 Å². The van der Waals surface area contributed by atoms with Crippen molar-refractivity contribution in [3.8, 4) is 0 Å². The summed E-state index contributed by atoms with van der Waals surface area (Å²) in [5, 5.41) is 38.4. The van der Waals surface area contributed by atoms with Crippen molar-refractivity contribution in [2.24, 2.45) is 0 Å². The molecule has 2 rings (SSSR count). The van der Waals surface area contributed by atoms with E-state index in [4.69, 9.17) is 9.84 Å². The first-order valence-electron chi connectivity index (χ1n) is 6.59. The Kier molecular flexibility index (Phi) is 5.74. The predicted molar refractivity (Wildman–Crippen MR) is 82.9 cm³/mol. The fourth-order valence-corrected chi connectivity index (χ4v) is 2.59. The number of hydrogen-bond acceptors (Lipinski definition) is 7. The quantitative estimate of drug-likeness (QED) is 0.257. The molecule has 0 bridgehead atoms. The molecule has 0 aliphatic carbocycles. The van der Waals surface area contributed by atoms with Gasteiger partial charge >= 0.3 is 5.69 Å². The summed E-state index contributed by atoms with van der Waals surface area (Å²) < 4.78 is 6.61. The summed E-state index contributed by atoms with van der Waals surface area (Å²) in [6.07, 6.45) is -4.56. The lowest BCUT2D eigenvalue weighted by molar-refractivity contribution is -0.0551. The van der Waals surface area contributed by atoms with Crippen molar-refractivity contribution in [1.82, 2.24) is 9.55 Å². The summed E-state index contributed by atoms with van der Waals surface area (Å²) in [6.45, 7) is -0.521. The molecule has 0 spiro atoms.